The van der Waals surface area contributed by atoms with Gasteiger partial charge in [-0.3, -0.25) is 28.9 Å². The largest absolute Gasteiger partial charge is 0.379 e. The average molecular weight is 629 g/mol. The number of amides is 3. The number of likely N-dealkylation sites (N-methyl/N-ethyl adjacent to an activating group) is 1. The molecule has 0 aliphatic carbocycles. The van der Waals surface area contributed by atoms with Crippen LogP contribution in [0.4, 0.5) is 0 Å². The van der Waals surface area contributed by atoms with E-state index in [1.807, 2.05) is 13.8 Å². The maximum absolute atomic E-state index is 12.9. The van der Waals surface area contributed by atoms with Gasteiger partial charge in [-0.15, -0.1) is 0 Å². The Morgan fingerprint density at radius 2 is 1.11 bits per heavy atom. The van der Waals surface area contributed by atoms with Crippen LogP contribution < -0.4 is 0 Å². The number of imide groups is 1. The monoisotopic (exact) mass is 628 g/mol. The van der Waals surface area contributed by atoms with E-state index in [1.54, 1.807) is 20.9 Å². The summed E-state index contributed by atoms with van der Waals surface area (Å²) in [6.07, 6.45) is 2.74. The van der Waals surface area contributed by atoms with E-state index in [9.17, 15) is 24.0 Å². The molecule has 1 heterocycles. The van der Waals surface area contributed by atoms with Crippen molar-refractivity contribution in [3.8, 4) is 0 Å². The van der Waals surface area contributed by atoms with Crippen LogP contribution in [0, 0.1) is 11.8 Å². The zero-order valence-electron chi connectivity index (χ0n) is 27.3. The molecule has 0 saturated heterocycles. The average Bonchev–Trinajstić information content (AvgIpc) is 3.29. The Bertz CT molecular complexity index is 918. The lowest BCUT2D eigenvalue weighted by Gasteiger charge is -2.35. The second-order valence-electron chi connectivity index (χ2n) is 11.2. The molecule has 0 fully saturated rings. The van der Waals surface area contributed by atoms with Crippen LogP contribution in [0.2, 0.25) is 0 Å². The Hall–Kier alpha value is -2.55. The summed E-state index contributed by atoms with van der Waals surface area (Å²) < 4.78 is 32.6. The molecule has 1 atom stereocenters. The lowest BCUT2D eigenvalue weighted by atomic mass is 9.82. The van der Waals surface area contributed by atoms with Gasteiger partial charge < -0.3 is 33.3 Å². The number of rotatable bonds is 27. The SMILES string of the molecule is CC(=O)[C@@H](CC(=O)C(C)(C)N(C)C(=O)CCOCCOCCOCCOCCOCCOCCN1C(=O)C=CC1=O)C(C)C. The highest BCUT2D eigenvalue weighted by molar-refractivity contribution is 6.12. The van der Waals surface area contributed by atoms with Gasteiger partial charge in [0.15, 0.2) is 5.78 Å². The minimum atomic E-state index is -1.02. The van der Waals surface area contributed by atoms with Crippen molar-refractivity contribution in [2.24, 2.45) is 11.8 Å². The molecule has 0 aromatic heterocycles. The van der Waals surface area contributed by atoms with E-state index in [0.717, 1.165) is 4.90 Å². The first-order valence-electron chi connectivity index (χ1n) is 15.2. The van der Waals surface area contributed by atoms with E-state index in [1.165, 1.54) is 24.0 Å². The summed E-state index contributed by atoms with van der Waals surface area (Å²) in [6, 6.07) is 0. The summed E-state index contributed by atoms with van der Waals surface area (Å²) in [5, 5.41) is 0. The van der Waals surface area contributed by atoms with Gasteiger partial charge in [0.05, 0.1) is 97.8 Å². The summed E-state index contributed by atoms with van der Waals surface area (Å²) in [7, 11) is 1.60. The second kappa shape index (κ2) is 22.0. The maximum Gasteiger partial charge on any atom is 0.253 e. The van der Waals surface area contributed by atoms with Gasteiger partial charge in [-0.1, -0.05) is 13.8 Å². The molecule has 0 bridgehead atoms. The molecule has 1 aliphatic rings. The molecule has 0 radical (unpaired) electrons. The zero-order chi connectivity index (χ0) is 33.0. The van der Waals surface area contributed by atoms with Gasteiger partial charge in [0, 0.05) is 31.5 Å². The molecule has 0 aromatic carbocycles. The molecule has 1 aliphatic heterocycles. The highest BCUT2D eigenvalue weighted by Crippen LogP contribution is 2.24. The Morgan fingerprint density at radius 3 is 1.50 bits per heavy atom. The third-order valence-corrected chi connectivity index (χ3v) is 7.31. The van der Waals surface area contributed by atoms with Crippen molar-refractivity contribution in [1.29, 1.82) is 0 Å². The van der Waals surface area contributed by atoms with Gasteiger partial charge in [0.25, 0.3) is 11.8 Å². The number of hydrogen-bond acceptors (Lipinski definition) is 11. The highest BCUT2D eigenvalue weighted by atomic mass is 16.6. The van der Waals surface area contributed by atoms with E-state index in [-0.39, 0.29) is 73.7 Å². The van der Waals surface area contributed by atoms with Crippen LogP contribution in [-0.4, -0.2) is 138 Å². The molecule has 44 heavy (non-hydrogen) atoms. The van der Waals surface area contributed by atoms with Crippen LogP contribution in [0.15, 0.2) is 12.2 Å². The van der Waals surface area contributed by atoms with Gasteiger partial charge in [-0.05, 0) is 26.7 Å². The zero-order valence-corrected chi connectivity index (χ0v) is 27.3. The smallest absolute Gasteiger partial charge is 0.253 e. The van der Waals surface area contributed by atoms with E-state index in [4.69, 9.17) is 28.4 Å². The number of carbonyl (C=O) groups excluding carboxylic acids is 5. The number of hydrogen-bond donors (Lipinski definition) is 0. The fraction of sp³-hybridized carbons (Fsp3) is 0.774. The van der Waals surface area contributed by atoms with Gasteiger partial charge in [-0.2, -0.15) is 0 Å². The first kappa shape index (κ1) is 39.5. The Kier molecular flexibility index (Phi) is 19.8. The Morgan fingerprint density at radius 1 is 0.727 bits per heavy atom. The quantitative estimate of drug-likeness (QED) is 0.0962. The van der Waals surface area contributed by atoms with Crippen molar-refractivity contribution in [3.05, 3.63) is 12.2 Å². The Labute approximate surface area is 261 Å². The first-order valence-corrected chi connectivity index (χ1v) is 15.2. The maximum atomic E-state index is 12.9. The molecule has 13 nitrogen and oxygen atoms in total. The first-order chi connectivity index (χ1) is 20.9. The predicted octanol–water partition coefficient (Wildman–Crippen LogP) is 1.46. The topological polar surface area (TPSA) is 147 Å². The van der Waals surface area contributed by atoms with Crippen molar-refractivity contribution >= 4 is 29.3 Å². The molecule has 0 aromatic rings. The molecule has 252 valence electrons. The van der Waals surface area contributed by atoms with Crippen molar-refractivity contribution in [3.63, 3.8) is 0 Å². The van der Waals surface area contributed by atoms with E-state index in [0.29, 0.717) is 66.1 Å². The fourth-order valence-electron chi connectivity index (χ4n) is 4.13. The minimum Gasteiger partial charge on any atom is -0.379 e. The Balaban J connectivity index is 1.92. The van der Waals surface area contributed by atoms with E-state index >= 15 is 0 Å². The molecule has 0 saturated carbocycles. The molecule has 0 unspecified atom stereocenters. The van der Waals surface area contributed by atoms with Crippen LogP contribution in [0.25, 0.3) is 0 Å². The van der Waals surface area contributed by atoms with Crippen molar-refractivity contribution in [2.75, 3.05) is 92.9 Å². The number of ketones is 2. The molecule has 13 heteroatoms. The standard InChI is InChI=1S/C31H52N2O11/c1-24(2)26(25(3)34)23-27(35)31(4,5)32(6)28(36)9-11-39-13-15-41-17-19-43-21-22-44-20-18-42-16-14-40-12-10-33-29(37)7-8-30(33)38/h7-8,24,26H,9-23H2,1-6H3/t26-/m0/s1. The lowest BCUT2D eigenvalue weighted by Crippen LogP contribution is -2.51. The van der Waals surface area contributed by atoms with Crippen LogP contribution in [0.3, 0.4) is 0 Å². The molecule has 1 rings (SSSR count). The normalized spacial score (nSPS) is 14.1. The van der Waals surface area contributed by atoms with Gasteiger partial charge in [0.1, 0.15) is 5.78 Å². The van der Waals surface area contributed by atoms with E-state index < -0.39 is 5.54 Å². The summed E-state index contributed by atoms with van der Waals surface area (Å²) in [6.45, 7) is 13.4. The van der Waals surface area contributed by atoms with Crippen LogP contribution in [0.1, 0.15) is 47.5 Å². The summed E-state index contributed by atoms with van der Waals surface area (Å²) >= 11 is 0. The van der Waals surface area contributed by atoms with Gasteiger partial charge in [-0.25, -0.2) is 0 Å². The van der Waals surface area contributed by atoms with Crippen LogP contribution >= 0.6 is 0 Å². The summed E-state index contributed by atoms with van der Waals surface area (Å²) in [5.74, 6) is -1.29. The molecule has 0 spiro atoms. The van der Waals surface area contributed by atoms with Gasteiger partial charge >= 0.3 is 0 Å². The second-order valence-corrected chi connectivity index (χ2v) is 11.2. The number of Topliss-reactive ketones (excluding diaryl/α,β-unsaturated/α-hetero) is 2. The molecule has 0 N–H and O–H groups in total. The minimum absolute atomic E-state index is 0.0168. The van der Waals surface area contributed by atoms with Crippen LogP contribution in [-0.2, 0) is 52.4 Å². The highest BCUT2D eigenvalue weighted by Gasteiger charge is 2.37. The van der Waals surface area contributed by atoms with E-state index in [2.05, 4.69) is 0 Å². The number of nitrogens with zero attached hydrogens (tertiary/aromatic N) is 2. The predicted molar refractivity (Wildman–Crippen MR) is 161 cm³/mol. The molecule has 3 amide bonds. The number of carbonyl (C=O) groups is 5. The van der Waals surface area contributed by atoms with Crippen molar-refractivity contribution < 1.29 is 52.4 Å². The third-order valence-electron chi connectivity index (χ3n) is 7.31. The molecular weight excluding hydrogens is 576 g/mol. The van der Waals surface area contributed by atoms with Crippen molar-refractivity contribution in [1.82, 2.24) is 9.80 Å². The molecular formula is C31H52N2O11. The fourth-order valence-corrected chi connectivity index (χ4v) is 4.13. The van der Waals surface area contributed by atoms with Crippen LogP contribution in [0.5, 0.6) is 0 Å². The number of ether oxygens (including phenoxy) is 6. The lowest BCUT2D eigenvalue weighted by molar-refractivity contribution is -0.145. The third kappa shape index (κ3) is 15.4. The summed E-state index contributed by atoms with van der Waals surface area (Å²) in [5.41, 5.74) is -1.02. The summed E-state index contributed by atoms with van der Waals surface area (Å²) in [4.78, 5) is 62.8. The van der Waals surface area contributed by atoms with Gasteiger partial charge in [0.2, 0.25) is 5.91 Å². The van der Waals surface area contributed by atoms with Crippen molar-refractivity contribution in [2.45, 2.75) is 53.0 Å².